The summed E-state index contributed by atoms with van der Waals surface area (Å²) in [5, 5.41) is 0. The van der Waals surface area contributed by atoms with Crippen LogP contribution in [-0.2, 0) is 30.3 Å². The maximum Gasteiger partial charge on any atom is 0.304 e. The van der Waals surface area contributed by atoms with Crippen LogP contribution in [0.3, 0.4) is 0 Å². The van der Waals surface area contributed by atoms with E-state index in [1.807, 2.05) is 30.3 Å². The van der Waals surface area contributed by atoms with Crippen molar-refractivity contribution in [3.05, 3.63) is 35.9 Å². The zero-order valence-corrected chi connectivity index (χ0v) is 13.5. The first-order chi connectivity index (χ1) is 11.2. The number of hydrogen-bond donors (Lipinski definition) is 0. The van der Waals surface area contributed by atoms with E-state index < -0.39 is 12.1 Å². The van der Waals surface area contributed by atoms with Gasteiger partial charge in [-0.05, 0) is 24.8 Å². The molecule has 1 aromatic carbocycles. The monoisotopic (exact) mass is 320 g/mol. The summed E-state index contributed by atoms with van der Waals surface area (Å²) in [4.78, 5) is 11.2. The van der Waals surface area contributed by atoms with Crippen LogP contribution in [0, 0.1) is 0 Å². The Balaban J connectivity index is 1.66. The molecule has 2 aliphatic rings. The van der Waals surface area contributed by atoms with Crippen LogP contribution < -0.4 is 0 Å². The van der Waals surface area contributed by atoms with Crippen LogP contribution in [0.15, 0.2) is 30.3 Å². The van der Waals surface area contributed by atoms with Crippen LogP contribution in [0.2, 0.25) is 0 Å². The predicted octanol–water partition coefficient (Wildman–Crippen LogP) is 3.17. The standard InChI is InChI=1S/C18H24O5/c1-14(19)22-17-10-9-16(18(23-17)11-5-6-12-21-18)20-13-15-7-3-2-4-8-15/h2-4,7-8,16-17H,5-6,9-13H2,1H3/t16-,17-,18-/m1/s1. The van der Waals surface area contributed by atoms with Crippen molar-refractivity contribution in [3.8, 4) is 0 Å². The molecule has 0 bridgehead atoms. The second-order valence-electron chi connectivity index (χ2n) is 6.14. The van der Waals surface area contributed by atoms with Gasteiger partial charge in [0.1, 0.15) is 6.10 Å². The number of ether oxygens (including phenoxy) is 4. The molecular formula is C18H24O5. The molecular weight excluding hydrogens is 296 g/mol. The Morgan fingerprint density at radius 2 is 2.09 bits per heavy atom. The third-order valence-electron chi connectivity index (χ3n) is 4.34. The van der Waals surface area contributed by atoms with Gasteiger partial charge in [0.25, 0.3) is 0 Å². The summed E-state index contributed by atoms with van der Waals surface area (Å²) in [5.74, 6) is -1.12. The number of hydrogen-bond acceptors (Lipinski definition) is 5. The molecule has 126 valence electrons. The average molecular weight is 320 g/mol. The van der Waals surface area contributed by atoms with Gasteiger partial charge in [0.2, 0.25) is 6.29 Å². The first kappa shape index (κ1) is 16.4. The topological polar surface area (TPSA) is 54.0 Å². The van der Waals surface area contributed by atoms with Gasteiger partial charge in [-0.25, -0.2) is 0 Å². The largest absolute Gasteiger partial charge is 0.436 e. The van der Waals surface area contributed by atoms with Crippen molar-refractivity contribution in [2.24, 2.45) is 0 Å². The molecule has 1 spiro atoms. The molecule has 5 heteroatoms. The second-order valence-corrected chi connectivity index (χ2v) is 6.14. The van der Waals surface area contributed by atoms with E-state index >= 15 is 0 Å². The van der Waals surface area contributed by atoms with Crippen LogP contribution in [0.1, 0.15) is 44.6 Å². The minimum absolute atomic E-state index is 0.144. The van der Waals surface area contributed by atoms with Crippen molar-refractivity contribution in [1.82, 2.24) is 0 Å². The molecule has 1 aromatic rings. The van der Waals surface area contributed by atoms with Crippen molar-refractivity contribution in [2.75, 3.05) is 6.61 Å². The first-order valence-corrected chi connectivity index (χ1v) is 8.32. The minimum atomic E-state index is -0.786. The van der Waals surface area contributed by atoms with Crippen LogP contribution in [0.4, 0.5) is 0 Å². The lowest BCUT2D eigenvalue weighted by Crippen LogP contribution is -2.56. The molecule has 3 rings (SSSR count). The lowest BCUT2D eigenvalue weighted by Gasteiger charge is -2.47. The lowest BCUT2D eigenvalue weighted by atomic mass is 9.93. The fraction of sp³-hybridized carbons (Fsp3) is 0.611. The molecule has 2 heterocycles. The normalized spacial score (nSPS) is 31.0. The van der Waals surface area contributed by atoms with Crippen molar-refractivity contribution >= 4 is 5.97 Å². The van der Waals surface area contributed by atoms with E-state index in [9.17, 15) is 4.79 Å². The van der Waals surface area contributed by atoms with E-state index in [4.69, 9.17) is 18.9 Å². The van der Waals surface area contributed by atoms with Crippen LogP contribution in [0.25, 0.3) is 0 Å². The molecule has 5 nitrogen and oxygen atoms in total. The van der Waals surface area contributed by atoms with Gasteiger partial charge in [-0.3, -0.25) is 4.79 Å². The average Bonchev–Trinajstić information content (AvgIpc) is 2.55. The van der Waals surface area contributed by atoms with E-state index in [2.05, 4.69) is 0 Å². The molecule has 0 aliphatic carbocycles. The molecule has 2 aliphatic heterocycles. The van der Waals surface area contributed by atoms with Crippen LogP contribution >= 0.6 is 0 Å². The van der Waals surface area contributed by atoms with Gasteiger partial charge in [-0.15, -0.1) is 0 Å². The number of benzene rings is 1. The Labute approximate surface area is 136 Å². The highest BCUT2D eigenvalue weighted by Crippen LogP contribution is 2.39. The van der Waals surface area contributed by atoms with E-state index in [1.165, 1.54) is 6.92 Å². The number of rotatable bonds is 4. The highest BCUT2D eigenvalue weighted by Gasteiger charge is 2.49. The third kappa shape index (κ3) is 4.10. The first-order valence-electron chi connectivity index (χ1n) is 8.32. The smallest absolute Gasteiger partial charge is 0.304 e. The van der Waals surface area contributed by atoms with Crippen molar-refractivity contribution in [2.45, 2.75) is 63.8 Å². The minimum Gasteiger partial charge on any atom is -0.436 e. The van der Waals surface area contributed by atoms with E-state index in [0.717, 1.165) is 31.2 Å². The van der Waals surface area contributed by atoms with Gasteiger partial charge < -0.3 is 18.9 Å². The summed E-state index contributed by atoms with van der Waals surface area (Å²) in [7, 11) is 0. The third-order valence-corrected chi connectivity index (χ3v) is 4.34. The fourth-order valence-electron chi connectivity index (χ4n) is 3.25. The molecule has 0 unspecified atom stereocenters. The lowest BCUT2D eigenvalue weighted by molar-refractivity contribution is -0.372. The van der Waals surface area contributed by atoms with Gasteiger partial charge in [-0.1, -0.05) is 30.3 Å². The summed E-state index contributed by atoms with van der Waals surface area (Å²) in [6, 6.07) is 10.1. The molecule has 2 fully saturated rings. The van der Waals surface area contributed by atoms with Crippen molar-refractivity contribution in [1.29, 1.82) is 0 Å². The predicted molar refractivity (Wildman–Crippen MR) is 83.4 cm³/mol. The fourth-order valence-corrected chi connectivity index (χ4v) is 3.25. The van der Waals surface area contributed by atoms with Gasteiger partial charge in [0, 0.05) is 19.8 Å². The molecule has 0 amide bonds. The van der Waals surface area contributed by atoms with Crippen molar-refractivity contribution < 1.29 is 23.7 Å². The highest BCUT2D eigenvalue weighted by molar-refractivity contribution is 5.66. The quantitative estimate of drug-likeness (QED) is 0.798. The van der Waals surface area contributed by atoms with Crippen LogP contribution in [0.5, 0.6) is 0 Å². The Morgan fingerprint density at radius 1 is 1.26 bits per heavy atom. The van der Waals surface area contributed by atoms with Gasteiger partial charge >= 0.3 is 5.97 Å². The summed E-state index contributed by atoms with van der Waals surface area (Å²) in [6.45, 7) is 2.58. The highest BCUT2D eigenvalue weighted by atomic mass is 16.8. The maximum atomic E-state index is 11.2. The molecule has 0 radical (unpaired) electrons. The molecule has 3 atom stereocenters. The van der Waals surface area contributed by atoms with Gasteiger partial charge in [0.15, 0.2) is 5.79 Å². The summed E-state index contributed by atoms with van der Waals surface area (Å²) >= 11 is 0. The molecule has 0 aromatic heterocycles. The SMILES string of the molecule is CC(=O)O[C@H]1CC[C@@H](OCc2ccccc2)[C@@]2(CCCCO2)O1. The van der Waals surface area contributed by atoms with E-state index in [0.29, 0.717) is 19.6 Å². The Kier molecular flexibility index (Phi) is 5.30. The number of esters is 1. The second kappa shape index (κ2) is 7.43. The molecule has 0 N–H and O–H groups in total. The Bertz CT molecular complexity index is 509. The van der Waals surface area contributed by atoms with Gasteiger partial charge in [0.05, 0.1) is 13.2 Å². The zero-order valence-electron chi connectivity index (χ0n) is 13.5. The van der Waals surface area contributed by atoms with Gasteiger partial charge in [-0.2, -0.15) is 0 Å². The maximum absolute atomic E-state index is 11.2. The number of carbonyl (C=O) groups excluding carboxylic acids is 1. The molecule has 23 heavy (non-hydrogen) atoms. The zero-order chi connectivity index (χ0) is 16.1. The van der Waals surface area contributed by atoms with Crippen molar-refractivity contribution in [3.63, 3.8) is 0 Å². The summed E-state index contributed by atoms with van der Waals surface area (Å²) < 4.78 is 23.4. The molecule has 0 saturated carbocycles. The van der Waals surface area contributed by atoms with E-state index in [-0.39, 0.29) is 12.1 Å². The number of carbonyl (C=O) groups is 1. The molecule has 2 saturated heterocycles. The Hall–Kier alpha value is -1.43. The Morgan fingerprint density at radius 3 is 2.78 bits per heavy atom. The summed E-state index contributed by atoms with van der Waals surface area (Å²) in [5.41, 5.74) is 1.13. The van der Waals surface area contributed by atoms with E-state index in [1.54, 1.807) is 0 Å². The summed E-state index contributed by atoms with van der Waals surface area (Å²) in [6.07, 6.45) is 3.52. The van der Waals surface area contributed by atoms with Crippen LogP contribution in [-0.4, -0.2) is 30.8 Å².